The average molecular weight is 307 g/mol. The van der Waals surface area contributed by atoms with Crippen LogP contribution in [0.5, 0.6) is 0 Å². The number of ether oxygens (including phenoxy) is 1. The highest BCUT2D eigenvalue weighted by molar-refractivity contribution is 9.09. The van der Waals surface area contributed by atoms with Crippen molar-refractivity contribution in [1.82, 2.24) is 9.55 Å². The van der Waals surface area contributed by atoms with Crippen molar-refractivity contribution < 1.29 is 14.9 Å². The highest BCUT2D eigenvalue weighted by Crippen LogP contribution is 2.32. The van der Waals surface area contributed by atoms with E-state index in [1.807, 2.05) is 0 Å². The Labute approximate surface area is 104 Å². The molecule has 1 aromatic heterocycles. The van der Waals surface area contributed by atoms with E-state index in [2.05, 4.69) is 20.9 Å². The Hall–Kier alpha value is -0.960. The minimum absolute atomic E-state index is 0.276. The maximum Gasteiger partial charge on any atom is 0.330 e. The van der Waals surface area contributed by atoms with E-state index in [1.165, 1.54) is 6.20 Å². The average Bonchev–Trinajstić information content (AvgIpc) is 2.57. The molecule has 4 atom stereocenters. The lowest BCUT2D eigenvalue weighted by atomic mass is 10.2. The molecule has 94 valence electrons. The summed E-state index contributed by atoms with van der Waals surface area (Å²) in [5, 5.41) is 18.9. The first-order valence-electron chi connectivity index (χ1n) is 4.94. The first-order chi connectivity index (χ1) is 8.04. The fourth-order valence-electron chi connectivity index (χ4n) is 1.71. The standard InChI is InChI=1S/C9H11BrN2O5/c10-6-4(3-13)17-8(7(6)15)12-2-1-5(14)11-9(12)16/h1-2,4,6-8,13,15H,3H2,(H,11,14,16)/t4-,6-,7-,8-/m1/s1. The van der Waals surface area contributed by atoms with Gasteiger partial charge in [0.05, 0.1) is 17.5 Å². The van der Waals surface area contributed by atoms with Crippen LogP contribution in [0.25, 0.3) is 0 Å². The van der Waals surface area contributed by atoms with E-state index in [4.69, 9.17) is 9.84 Å². The van der Waals surface area contributed by atoms with Gasteiger partial charge in [0.1, 0.15) is 6.10 Å². The summed E-state index contributed by atoms with van der Waals surface area (Å²) in [5.74, 6) is 0. The van der Waals surface area contributed by atoms with Gasteiger partial charge in [-0.2, -0.15) is 0 Å². The van der Waals surface area contributed by atoms with E-state index < -0.39 is 34.5 Å². The van der Waals surface area contributed by atoms with Crippen LogP contribution in [0.4, 0.5) is 0 Å². The summed E-state index contributed by atoms with van der Waals surface area (Å²) in [6.07, 6.45) is -1.28. The molecule has 1 fully saturated rings. The molecule has 7 nitrogen and oxygen atoms in total. The highest BCUT2D eigenvalue weighted by Gasteiger charge is 2.43. The van der Waals surface area contributed by atoms with Gasteiger partial charge in [0.2, 0.25) is 0 Å². The summed E-state index contributed by atoms with van der Waals surface area (Å²) in [5.41, 5.74) is -1.19. The summed E-state index contributed by atoms with van der Waals surface area (Å²) in [6.45, 7) is -0.276. The van der Waals surface area contributed by atoms with Crippen LogP contribution < -0.4 is 11.2 Å². The number of aromatic amines is 1. The molecule has 8 heteroatoms. The third-order valence-corrected chi connectivity index (χ3v) is 3.72. The van der Waals surface area contributed by atoms with E-state index in [0.29, 0.717) is 0 Å². The second kappa shape index (κ2) is 4.73. The number of H-pyrrole nitrogens is 1. The van der Waals surface area contributed by atoms with Crippen LogP contribution in [0.3, 0.4) is 0 Å². The van der Waals surface area contributed by atoms with Crippen molar-refractivity contribution in [3.8, 4) is 0 Å². The van der Waals surface area contributed by atoms with Crippen molar-refractivity contribution in [3.63, 3.8) is 0 Å². The largest absolute Gasteiger partial charge is 0.394 e. The molecule has 0 bridgehead atoms. The quantitative estimate of drug-likeness (QED) is 0.580. The van der Waals surface area contributed by atoms with E-state index in [-0.39, 0.29) is 6.61 Å². The molecule has 3 N–H and O–H groups in total. The van der Waals surface area contributed by atoms with Gasteiger partial charge in [0.15, 0.2) is 6.23 Å². The van der Waals surface area contributed by atoms with Gasteiger partial charge in [-0.1, -0.05) is 15.9 Å². The lowest BCUT2D eigenvalue weighted by Gasteiger charge is -2.16. The lowest BCUT2D eigenvalue weighted by molar-refractivity contribution is -0.0530. The Kier molecular flexibility index (Phi) is 3.48. The highest BCUT2D eigenvalue weighted by atomic mass is 79.9. The molecule has 2 rings (SSSR count). The van der Waals surface area contributed by atoms with Crippen molar-refractivity contribution in [3.05, 3.63) is 33.1 Å². The van der Waals surface area contributed by atoms with Gasteiger partial charge < -0.3 is 14.9 Å². The first-order valence-corrected chi connectivity index (χ1v) is 5.86. The molecule has 0 unspecified atom stereocenters. The van der Waals surface area contributed by atoms with Gasteiger partial charge in [0.25, 0.3) is 5.56 Å². The second-order valence-electron chi connectivity index (χ2n) is 3.70. The maximum absolute atomic E-state index is 11.5. The summed E-state index contributed by atoms with van der Waals surface area (Å²) >= 11 is 3.18. The Bertz CT molecular complexity index is 513. The molecule has 0 aliphatic carbocycles. The normalized spacial score (nSPS) is 32.9. The summed E-state index contributed by atoms with van der Waals surface area (Å²) in [7, 11) is 0. The van der Waals surface area contributed by atoms with Gasteiger partial charge in [-0.05, 0) is 0 Å². The summed E-state index contributed by atoms with van der Waals surface area (Å²) in [6, 6.07) is 1.16. The number of hydrogen-bond donors (Lipinski definition) is 3. The SMILES string of the molecule is O=c1ccn([C@@H]2O[C@H](CO)[C@@H](Br)[C@H]2O)c(=O)[nH]1. The zero-order chi connectivity index (χ0) is 12.6. The number of nitrogens with zero attached hydrogens (tertiary/aromatic N) is 1. The van der Waals surface area contributed by atoms with Gasteiger partial charge in [-0.3, -0.25) is 14.3 Å². The van der Waals surface area contributed by atoms with Crippen LogP contribution in [-0.2, 0) is 4.74 Å². The smallest absolute Gasteiger partial charge is 0.330 e. The fourth-order valence-corrected chi connectivity index (χ4v) is 2.27. The molecular formula is C9H11BrN2O5. The molecule has 0 saturated carbocycles. The van der Waals surface area contributed by atoms with Crippen LogP contribution in [0.1, 0.15) is 6.23 Å². The lowest BCUT2D eigenvalue weighted by Crippen LogP contribution is -2.36. The van der Waals surface area contributed by atoms with Crippen molar-refractivity contribution in [2.24, 2.45) is 0 Å². The maximum atomic E-state index is 11.5. The number of rotatable bonds is 2. The van der Waals surface area contributed by atoms with E-state index in [0.717, 1.165) is 10.6 Å². The van der Waals surface area contributed by atoms with Crippen LogP contribution in [-0.4, -0.2) is 43.4 Å². The first kappa shape index (κ1) is 12.5. The Morgan fingerprint density at radius 3 is 2.76 bits per heavy atom. The number of aromatic nitrogens is 2. The van der Waals surface area contributed by atoms with Gasteiger partial charge >= 0.3 is 5.69 Å². The van der Waals surface area contributed by atoms with E-state index in [9.17, 15) is 14.7 Å². The van der Waals surface area contributed by atoms with Gasteiger partial charge in [-0.25, -0.2) is 4.79 Å². The Balaban J connectivity index is 2.35. The molecular weight excluding hydrogens is 296 g/mol. The molecule has 0 spiro atoms. The van der Waals surface area contributed by atoms with Crippen LogP contribution >= 0.6 is 15.9 Å². The number of alkyl halides is 1. The number of nitrogens with one attached hydrogen (secondary N) is 1. The molecule has 2 heterocycles. The number of aliphatic hydroxyl groups excluding tert-OH is 2. The van der Waals surface area contributed by atoms with Gasteiger partial charge in [0, 0.05) is 12.3 Å². The van der Waals surface area contributed by atoms with Gasteiger partial charge in [-0.15, -0.1) is 0 Å². The van der Waals surface area contributed by atoms with Crippen molar-refractivity contribution in [2.75, 3.05) is 6.61 Å². The summed E-state index contributed by atoms with van der Waals surface area (Å²) < 4.78 is 6.42. The molecule has 0 amide bonds. The predicted molar refractivity (Wildman–Crippen MR) is 61.0 cm³/mol. The topological polar surface area (TPSA) is 105 Å². The van der Waals surface area contributed by atoms with Crippen LogP contribution in [0.2, 0.25) is 0 Å². The van der Waals surface area contributed by atoms with E-state index in [1.54, 1.807) is 0 Å². The van der Waals surface area contributed by atoms with Crippen molar-refractivity contribution in [1.29, 1.82) is 0 Å². The Morgan fingerprint density at radius 1 is 1.53 bits per heavy atom. The fraction of sp³-hybridized carbons (Fsp3) is 0.556. The third kappa shape index (κ3) is 2.21. The minimum atomic E-state index is -0.990. The predicted octanol–water partition coefficient (Wildman–Crippen LogP) is -1.45. The van der Waals surface area contributed by atoms with E-state index >= 15 is 0 Å². The molecule has 1 aliphatic rings. The monoisotopic (exact) mass is 306 g/mol. The molecule has 1 aromatic rings. The zero-order valence-corrected chi connectivity index (χ0v) is 10.2. The summed E-state index contributed by atoms with van der Waals surface area (Å²) in [4.78, 5) is 24.0. The zero-order valence-electron chi connectivity index (χ0n) is 8.62. The van der Waals surface area contributed by atoms with Crippen molar-refractivity contribution >= 4 is 15.9 Å². The number of hydrogen-bond acceptors (Lipinski definition) is 5. The van der Waals surface area contributed by atoms with Crippen LogP contribution in [0.15, 0.2) is 21.9 Å². The Morgan fingerprint density at radius 2 is 2.24 bits per heavy atom. The third-order valence-electron chi connectivity index (χ3n) is 2.59. The molecule has 17 heavy (non-hydrogen) atoms. The molecule has 1 saturated heterocycles. The van der Waals surface area contributed by atoms with Crippen molar-refractivity contribution in [2.45, 2.75) is 23.3 Å². The molecule has 0 radical (unpaired) electrons. The van der Waals surface area contributed by atoms with Crippen LogP contribution in [0, 0.1) is 0 Å². The molecule has 0 aromatic carbocycles. The number of halogens is 1. The number of aliphatic hydroxyl groups is 2. The second-order valence-corrected chi connectivity index (χ2v) is 4.76. The molecule has 1 aliphatic heterocycles. The minimum Gasteiger partial charge on any atom is -0.394 e.